The van der Waals surface area contributed by atoms with E-state index in [1.165, 1.54) is 0 Å². The first-order valence-electron chi connectivity index (χ1n) is 6.59. The molecule has 3 rings (SSSR count). The number of amides is 1. The van der Waals surface area contributed by atoms with Crippen LogP contribution in [0.15, 0.2) is 40.9 Å². The van der Waals surface area contributed by atoms with Crippen LogP contribution in [-0.2, 0) is 11.3 Å². The van der Waals surface area contributed by atoms with Crippen molar-refractivity contribution in [2.24, 2.45) is 0 Å². The van der Waals surface area contributed by atoms with Gasteiger partial charge in [0.05, 0.1) is 12.2 Å². The van der Waals surface area contributed by atoms with Gasteiger partial charge in [-0.2, -0.15) is 0 Å². The minimum absolute atomic E-state index is 0.000239. The van der Waals surface area contributed by atoms with Gasteiger partial charge in [0.15, 0.2) is 0 Å². The molecule has 2 aromatic carbocycles. The average Bonchev–Trinajstić information content (AvgIpc) is 2.42. The second-order valence-corrected chi connectivity index (χ2v) is 6.34. The van der Waals surface area contributed by atoms with E-state index in [4.69, 9.17) is 11.6 Å². The monoisotopic (exact) mass is 361 g/mol. The molecule has 4 heteroatoms. The minimum atomic E-state index is -0.000239. The summed E-state index contributed by atoms with van der Waals surface area (Å²) in [6, 6.07) is 11.7. The van der Waals surface area contributed by atoms with Gasteiger partial charge >= 0.3 is 0 Å². The van der Waals surface area contributed by atoms with E-state index < -0.39 is 0 Å². The molecule has 106 valence electrons. The zero-order valence-corrected chi connectivity index (χ0v) is 13.8. The van der Waals surface area contributed by atoms with Crippen LogP contribution in [-0.4, -0.2) is 5.91 Å². The lowest BCUT2D eigenvalue weighted by Gasteiger charge is -2.26. The van der Waals surface area contributed by atoms with E-state index in [1.807, 2.05) is 36.4 Å². The molecule has 21 heavy (non-hydrogen) atoms. The van der Waals surface area contributed by atoms with E-state index in [2.05, 4.69) is 28.1 Å². The number of carbonyl (C=O) groups is 1. The van der Waals surface area contributed by atoms with Gasteiger partial charge in [-0.25, -0.2) is 0 Å². The third-order valence-corrected chi connectivity index (χ3v) is 4.27. The maximum Gasteiger partial charge on any atom is 0.224 e. The van der Waals surface area contributed by atoms with E-state index in [0.29, 0.717) is 11.6 Å². The maximum atomic E-state index is 12.1. The zero-order chi connectivity index (χ0) is 15.0. The highest BCUT2D eigenvalue weighted by molar-refractivity contribution is 9.10. The molecule has 1 amide bonds. The van der Waals surface area contributed by atoms with Crippen LogP contribution in [0.2, 0.25) is 5.02 Å². The number of benzene rings is 2. The van der Waals surface area contributed by atoms with Crippen LogP contribution in [0.25, 0.3) is 12.2 Å². The number of halogens is 2. The van der Waals surface area contributed by atoms with Crippen LogP contribution in [0.1, 0.15) is 23.6 Å². The Bertz CT molecular complexity index is 754. The first-order chi connectivity index (χ1) is 10.0. The van der Waals surface area contributed by atoms with Crippen molar-refractivity contribution in [3.63, 3.8) is 0 Å². The van der Waals surface area contributed by atoms with Crippen molar-refractivity contribution >= 4 is 51.3 Å². The van der Waals surface area contributed by atoms with Crippen LogP contribution in [0.5, 0.6) is 0 Å². The number of hydrogen-bond donors (Lipinski definition) is 0. The second-order valence-electron chi connectivity index (χ2n) is 4.98. The highest BCUT2D eigenvalue weighted by Crippen LogP contribution is 2.32. The number of hydrogen-bond acceptors (Lipinski definition) is 1. The predicted molar refractivity (Wildman–Crippen MR) is 91.4 cm³/mol. The normalized spacial score (nSPS) is 13.2. The molecular weight excluding hydrogens is 350 g/mol. The highest BCUT2D eigenvalue weighted by atomic mass is 79.9. The Morgan fingerprint density at radius 2 is 1.86 bits per heavy atom. The Morgan fingerprint density at radius 3 is 2.62 bits per heavy atom. The van der Waals surface area contributed by atoms with Crippen LogP contribution in [0.4, 0.5) is 5.69 Å². The van der Waals surface area contributed by atoms with Crippen LogP contribution >= 0.6 is 27.5 Å². The zero-order valence-electron chi connectivity index (χ0n) is 11.4. The van der Waals surface area contributed by atoms with Gasteiger partial charge in [-0.3, -0.25) is 4.79 Å². The Morgan fingerprint density at radius 1 is 1.14 bits per heavy atom. The van der Waals surface area contributed by atoms with Crippen molar-refractivity contribution < 1.29 is 4.79 Å². The fourth-order valence-electron chi connectivity index (χ4n) is 2.48. The lowest BCUT2D eigenvalue weighted by Crippen LogP contribution is -2.29. The van der Waals surface area contributed by atoms with E-state index in [-0.39, 0.29) is 5.91 Å². The molecule has 0 saturated heterocycles. The van der Waals surface area contributed by atoms with Gasteiger partial charge in [0.25, 0.3) is 0 Å². The van der Waals surface area contributed by atoms with Gasteiger partial charge in [-0.15, -0.1) is 0 Å². The standard InChI is InChI=1S/C17H13BrClNO/c1-11(21)20-10-14-8-15(18)6-4-12(14)2-3-13-5-7-16(19)9-17(13)20/h2-9H,10H2,1H3. The fourth-order valence-corrected chi connectivity index (χ4v) is 3.06. The molecule has 0 spiro atoms. The summed E-state index contributed by atoms with van der Waals surface area (Å²) in [5, 5.41) is 0.628. The smallest absolute Gasteiger partial charge is 0.224 e. The summed E-state index contributed by atoms with van der Waals surface area (Å²) in [5.41, 5.74) is 4.05. The van der Waals surface area contributed by atoms with Gasteiger partial charge in [0, 0.05) is 16.4 Å². The molecule has 0 atom stereocenters. The summed E-state index contributed by atoms with van der Waals surface area (Å²) >= 11 is 9.58. The number of fused-ring (bicyclic) bond motifs is 2. The van der Waals surface area contributed by atoms with Crippen molar-refractivity contribution in [1.82, 2.24) is 0 Å². The number of carbonyl (C=O) groups excluding carboxylic acids is 1. The summed E-state index contributed by atoms with van der Waals surface area (Å²) < 4.78 is 1.00. The molecule has 0 radical (unpaired) electrons. The molecule has 0 aliphatic carbocycles. The highest BCUT2D eigenvalue weighted by Gasteiger charge is 2.18. The molecule has 0 saturated carbocycles. The molecule has 2 aromatic rings. The Labute approximate surface area is 137 Å². The van der Waals surface area contributed by atoms with Crippen molar-refractivity contribution in [2.45, 2.75) is 13.5 Å². The molecular formula is C17H13BrClNO. The first-order valence-corrected chi connectivity index (χ1v) is 7.76. The average molecular weight is 363 g/mol. The van der Waals surface area contributed by atoms with E-state index >= 15 is 0 Å². The summed E-state index contributed by atoms with van der Waals surface area (Å²) in [5.74, 6) is -0.000239. The Kier molecular flexibility index (Phi) is 3.87. The largest absolute Gasteiger partial charge is 0.308 e. The minimum Gasteiger partial charge on any atom is -0.308 e. The quantitative estimate of drug-likeness (QED) is 0.635. The predicted octanol–water partition coefficient (Wildman–Crippen LogP) is 5.14. The van der Waals surface area contributed by atoms with Crippen molar-refractivity contribution in [1.29, 1.82) is 0 Å². The van der Waals surface area contributed by atoms with E-state index in [9.17, 15) is 4.79 Å². The summed E-state index contributed by atoms with van der Waals surface area (Å²) in [6.07, 6.45) is 4.10. The molecule has 0 fully saturated rings. The van der Waals surface area contributed by atoms with E-state index in [0.717, 1.165) is 26.9 Å². The lowest BCUT2D eigenvalue weighted by molar-refractivity contribution is -0.116. The summed E-state index contributed by atoms with van der Waals surface area (Å²) in [7, 11) is 0. The van der Waals surface area contributed by atoms with Crippen molar-refractivity contribution in [2.75, 3.05) is 4.90 Å². The number of nitrogens with zero attached hydrogens (tertiary/aromatic N) is 1. The molecule has 0 bridgehead atoms. The molecule has 1 aliphatic heterocycles. The van der Waals surface area contributed by atoms with Gasteiger partial charge in [0.1, 0.15) is 0 Å². The molecule has 1 aliphatic rings. The van der Waals surface area contributed by atoms with Crippen molar-refractivity contribution in [3.8, 4) is 0 Å². The van der Waals surface area contributed by atoms with Crippen LogP contribution in [0.3, 0.4) is 0 Å². The molecule has 1 heterocycles. The third kappa shape index (κ3) is 2.89. The van der Waals surface area contributed by atoms with Crippen LogP contribution < -0.4 is 4.90 Å². The molecule has 0 unspecified atom stereocenters. The van der Waals surface area contributed by atoms with Gasteiger partial charge < -0.3 is 4.90 Å². The third-order valence-electron chi connectivity index (χ3n) is 3.54. The topological polar surface area (TPSA) is 20.3 Å². The Hall–Kier alpha value is -1.58. The van der Waals surface area contributed by atoms with Gasteiger partial charge in [-0.05, 0) is 41.0 Å². The molecule has 0 aromatic heterocycles. The van der Waals surface area contributed by atoms with Gasteiger partial charge in [0.2, 0.25) is 5.91 Å². The summed E-state index contributed by atoms with van der Waals surface area (Å²) in [6.45, 7) is 2.11. The van der Waals surface area contributed by atoms with E-state index in [1.54, 1.807) is 11.8 Å². The molecule has 0 N–H and O–H groups in total. The lowest BCUT2D eigenvalue weighted by atomic mass is 10.0. The number of anilines is 1. The van der Waals surface area contributed by atoms with Gasteiger partial charge in [-0.1, -0.05) is 51.8 Å². The fraction of sp³-hybridized carbons (Fsp3) is 0.118. The molecule has 2 nitrogen and oxygen atoms in total. The maximum absolute atomic E-state index is 12.1. The number of rotatable bonds is 0. The SMILES string of the molecule is CC(=O)N1Cc2cc(Br)ccc2C=Cc2ccc(Cl)cc21. The second kappa shape index (κ2) is 5.66. The Balaban J connectivity index is 2.21. The van der Waals surface area contributed by atoms with Crippen molar-refractivity contribution in [3.05, 3.63) is 62.6 Å². The first kappa shape index (κ1) is 14.4. The summed E-state index contributed by atoms with van der Waals surface area (Å²) in [4.78, 5) is 13.8. The van der Waals surface area contributed by atoms with Crippen LogP contribution in [0, 0.1) is 0 Å².